The van der Waals surface area contributed by atoms with Gasteiger partial charge in [0.15, 0.2) is 0 Å². The number of nitrogens with one attached hydrogen (secondary N) is 1. The van der Waals surface area contributed by atoms with Crippen molar-refractivity contribution in [3.63, 3.8) is 0 Å². The van der Waals surface area contributed by atoms with Gasteiger partial charge in [-0.05, 0) is 41.4 Å². The van der Waals surface area contributed by atoms with Crippen LogP contribution < -0.4 is 15.4 Å². The molecule has 2 aromatic heterocycles. The van der Waals surface area contributed by atoms with Gasteiger partial charge in [0, 0.05) is 17.2 Å². The van der Waals surface area contributed by atoms with Crippen LogP contribution in [0.25, 0.3) is 22.1 Å². The summed E-state index contributed by atoms with van der Waals surface area (Å²) in [6, 6.07) is 10.5. The van der Waals surface area contributed by atoms with Crippen molar-refractivity contribution in [2.24, 2.45) is 0 Å². The minimum atomic E-state index is -0.628. The molecule has 0 aliphatic heterocycles. The molecule has 0 saturated carbocycles. The van der Waals surface area contributed by atoms with Crippen LogP contribution in [-0.2, 0) is 0 Å². The Balaban J connectivity index is 0.000000151. The molecule has 0 atom stereocenters. The lowest BCUT2D eigenvalue weighted by Crippen LogP contribution is -2.39. The van der Waals surface area contributed by atoms with Gasteiger partial charge in [-0.1, -0.05) is 34.2 Å². The summed E-state index contributed by atoms with van der Waals surface area (Å²) < 4.78 is 0. The van der Waals surface area contributed by atoms with E-state index in [1.54, 1.807) is 37.3 Å². The summed E-state index contributed by atoms with van der Waals surface area (Å²) in [7, 11) is 0. The number of halogens is 1. The lowest BCUT2D eigenvalue weighted by Gasteiger charge is -2.00. The molecule has 0 aliphatic rings. The summed E-state index contributed by atoms with van der Waals surface area (Å²) in [5.41, 5.74) is 2.94. The highest BCUT2D eigenvalue weighted by molar-refractivity contribution is 6.28. The van der Waals surface area contributed by atoms with Crippen LogP contribution in [0.5, 0.6) is 0 Å². The van der Waals surface area contributed by atoms with Crippen molar-refractivity contribution in [3.05, 3.63) is 73.7 Å². The summed E-state index contributed by atoms with van der Waals surface area (Å²) >= 11 is 5.55. The largest absolute Gasteiger partial charge is 0.595 e. The predicted molar refractivity (Wildman–Crippen MR) is 94.3 cm³/mol. The van der Waals surface area contributed by atoms with E-state index in [0.717, 1.165) is 11.1 Å². The first kappa shape index (κ1) is 17.5. The SMILES string of the molecule is Cc1cccc2c1nc(=O)[nH][n+]2[O-].Cc1cccc2c1nc(Cl)n[n+]2[O-]. The quantitative estimate of drug-likeness (QED) is 0.364. The van der Waals surface area contributed by atoms with Crippen molar-refractivity contribution in [1.29, 1.82) is 0 Å². The molecular formula is C16H13ClN6O3. The summed E-state index contributed by atoms with van der Waals surface area (Å²) in [6.45, 7) is 3.67. The molecule has 4 rings (SSSR count). The van der Waals surface area contributed by atoms with Gasteiger partial charge in [-0.2, -0.15) is 4.98 Å². The van der Waals surface area contributed by atoms with E-state index >= 15 is 0 Å². The summed E-state index contributed by atoms with van der Waals surface area (Å²) in [5.74, 6) is 0. The van der Waals surface area contributed by atoms with Crippen molar-refractivity contribution >= 4 is 33.7 Å². The molecule has 0 amide bonds. The second-order valence-electron chi connectivity index (χ2n) is 5.46. The molecule has 132 valence electrons. The number of aryl methyl sites for hydroxylation is 2. The Morgan fingerprint density at radius 2 is 1.54 bits per heavy atom. The van der Waals surface area contributed by atoms with Crippen molar-refractivity contribution < 1.29 is 9.69 Å². The summed E-state index contributed by atoms with van der Waals surface area (Å²) in [6.07, 6.45) is 0. The average Bonchev–Trinajstić information content (AvgIpc) is 2.57. The van der Waals surface area contributed by atoms with Gasteiger partial charge in [0.1, 0.15) is 11.0 Å². The van der Waals surface area contributed by atoms with Crippen LogP contribution in [0.2, 0.25) is 5.28 Å². The van der Waals surface area contributed by atoms with Gasteiger partial charge in [0.2, 0.25) is 0 Å². The number of H-pyrrole nitrogens is 1. The molecule has 10 heteroatoms. The maximum atomic E-state index is 11.2. The van der Waals surface area contributed by atoms with Gasteiger partial charge in [-0.25, -0.2) is 9.78 Å². The summed E-state index contributed by atoms with van der Waals surface area (Å²) in [4.78, 5) is 19.5. The first-order valence-corrected chi connectivity index (χ1v) is 7.86. The Kier molecular flexibility index (Phi) is 4.63. The highest BCUT2D eigenvalue weighted by Crippen LogP contribution is 2.12. The molecule has 4 aromatic rings. The highest BCUT2D eigenvalue weighted by Gasteiger charge is 2.10. The van der Waals surface area contributed by atoms with Crippen molar-refractivity contribution in [1.82, 2.24) is 20.2 Å². The molecule has 2 aromatic carbocycles. The number of nitrogens with zero attached hydrogens (tertiary/aromatic N) is 5. The van der Waals surface area contributed by atoms with E-state index < -0.39 is 5.69 Å². The third-order valence-electron chi connectivity index (χ3n) is 3.65. The Morgan fingerprint density at radius 1 is 0.962 bits per heavy atom. The molecule has 26 heavy (non-hydrogen) atoms. The topological polar surface area (TPSA) is 125 Å². The molecule has 0 spiro atoms. The van der Waals surface area contributed by atoms with Crippen LogP contribution in [0.15, 0.2) is 41.2 Å². The van der Waals surface area contributed by atoms with Crippen LogP contribution in [-0.4, -0.2) is 20.2 Å². The molecule has 0 unspecified atom stereocenters. The third kappa shape index (κ3) is 3.38. The van der Waals surface area contributed by atoms with E-state index in [-0.39, 0.29) is 5.28 Å². The van der Waals surface area contributed by atoms with Gasteiger partial charge in [-0.15, -0.1) is 0 Å². The van der Waals surface area contributed by atoms with Crippen LogP contribution in [0.1, 0.15) is 11.1 Å². The maximum Gasteiger partial charge on any atom is 0.395 e. The van der Waals surface area contributed by atoms with Gasteiger partial charge in [-0.3, -0.25) is 0 Å². The minimum Gasteiger partial charge on any atom is -0.595 e. The molecule has 9 nitrogen and oxygen atoms in total. The maximum absolute atomic E-state index is 11.2. The lowest BCUT2D eigenvalue weighted by atomic mass is 10.2. The predicted octanol–water partition coefficient (Wildman–Crippen LogP) is 1.09. The van der Waals surface area contributed by atoms with E-state index in [1.165, 1.54) is 0 Å². The zero-order valence-corrected chi connectivity index (χ0v) is 14.6. The molecule has 0 aliphatic carbocycles. The van der Waals surface area contributed by atoms with Gasteiger partial charge in [0.05, 0.1) is 0 Å². The van der Waals surface area contributed by atoms with Gasteiger partial charge in [0.25, 0.3) is 16.3 Å². The first-order valence-electron chi connectivity index (χ1n) is 7.49. The number of hydrogen-bond donors (Lipinski definition) is 1. The molecule has 1 N–H and O–H groups in total. The van der Waals surface area contributed by atoms with Crippen LogP contribution in [0, 0.1) is 24.3 Å². The Labute approximate surface area is 151 Å². The molecule has 0 saturated heterocycles. The van der Waals surface area contributed by atoms with Crippen LogP contribution >= 0.6 is 11.6 Å². The van der Waals surface area contributed by atoms with E-state index in [1.807, 2.05) is 18.1 Å². The van der Waals surface area contributed by atoms with Crippen LogP contribution in [0.4, 0.5) is 0 Å². The fraction of sp³-hybridized carbons (Fsp3) is 0.125. The van der Waals surface area contributed by atoms with E-state index in [0.29, 0.717) is 31.8 Å². The van der Waals surface area contributed by atoms with Gasteiger partial charge < -0.3 is 10.4 Å². The zero-order chi connectivity index (χ0) is 18.8. The molecule has 2 heterocycles. The molecule has 0 bridgehead atoms. The number of hydrogen-bond acceptors (Lipinski definition) is 6. The number of aromatic amines is 1. The number of rotatable bonds is 0. The Morgan fingerprint density at radius 3 is 2.19 bits per heavy atom. The third-order valence-corrected chi connectivity index (χ3v) is 3.81. The van der Waals surface area contributed by atoms with E-state index in [9.17, 15) is 15.2 Å². The Bertz CT molecular complexity index is 1180. The van der Waals surface area contributed by atoms with Crippen molar-refractivity contribution in [2.75, 3.05) is 0 Å². The van der Waals surface area contributed by atoms with Crippen molar-refractivity contribution in [2.45, 2.75) is 13.8 Å². The second-order valence-corrected chi connectivity index (χ2v) is 5.80. The smallest absolute Gasteiger partial charge is 0.395 e. The van der Waals surface area contributed by atoms with Gasteiger partial charge >= 0.3 is 5.69 Å². The molecular weight excluding hydrogens is 360 g/mol. The van der Waals surface area contributed by atoms with Crippen molar-refractivity contribution in [3.8, 4) is 0 Å². The lowest BCUT2D eigenvalue weighted by molar-refractivity contribution is -0.644. The first-order chi connectivity index (χ1) is 12.4. The average molecular weight is 373 g/mol. The fourth-order valence-corrected chi connectivity index (χ4v) is 2.57. The zero-order valence-electron chi connectivity index (χ0n) is 13.8. The molecule has 0 fully saturated rings. The number of fused-ring (bicyclic) bond motifs is 2. The van der Waals surface area contributed by atoms with Crippen LogP contribution in [0.3, 0.4) is 0 Å². The fourth-order valence-electron chi connectivity index (χ4n) is 2.41. The highest BCUT2D eigenvalue weighted by atomic mass is 35.5. The Hall–Kier alpha value is -3.33. The number of aromatic nitrogens is 6. The standard InChI is InChI=1S/C8H6ClN3O.C8H7N3O2/c1-5-3-2-4-6-7(5)10-8(9)11-12(6)13;1-5-3-2-4-6-7(5)9-8(12)10-11(6)13/h2-4H,1H3;2-4H,1H3,(H,9,10,12). The molecule has 0 radical (unpaired) electrons. The minimum absolute atomic E-state index is 0.0307. The van der Waals surface area contributed by atoms with E-state index in [4.69, 9.17) is 11.6 Å². The normalized spacial score (nSPS) is 10.6. The van der Waals surface area contributed by atoms with E-state index in [2.05, 4.69) is 15.1 Å². The monoisotopic (exact) mass is 372 g/mol. The number of para-hydroxylation sites is 2. The number of benzene rings is 2. The second kappa shape index (κ2) is 6.89. The summed E-state index contributed by atoms with van der Waals surface area (Å²) in [5, 5.41) is 27.9.